The second kappa shape index (κ2) is 6.34. The Balaban J connectivity index is 2.09. The lowest BCUT2D eigenvalue weighted by molar-refractivity contribution is -0.137. The lowest BCUT2D eigenvalue weighted by Gasteiger charge is -2.29. The third-order valence-electron chi connectivity index (χ3n) is 3.75. The van der Waals surface area contributed by atoms with Crippen molar-refractivity contribution in [2.24, 2.45) is 5.14 Å². The SMILES string of the molecule is NS(=O)(=O)c1cc2c(cc1Cl)N[C@H](c1cccc(C(F)(F)F)c1)NS2(=O)=O. The van der Waals surface area contributed by atoms with E-state index >= 15 is 0 Å². The highest BCUT2D eigenvalue weighted by Crippen LogP contribution is 2.37. The number of nitrogens with one attached hydrogen (secondary N) is 2. The summed E-state index contributed by atoms with van der Waals surface area (Å²) < 4.78 is 88.8. The van der Waals surface area contributed by atoms with Crippen molar-refractivity contribution in [1.82, 2.24) is 4.72 Å². The van der Waals surface area contributed by atoms with Crippen LogP contribution in [-0.4, -0.2) is 16.8 Å². The number of benzene rings is 2. The highest BCUT2D eigenvalue weighted by molar-refractivity contribution is 7.90. The lowest BCUT2D eigenvalue weighted by atomic mass is 10.1. The highest BCUT2D eigenvalue weighted by atomic mass is 35.5. The molecule has 2 aromatic carbocycles. The van der Waals surface area contributed by atoms with Crippen LogP contribution in [0.25, 0.3) is 0 Å². The molecule has 0 saturated heterocycles. The van der Waals surface area contributed by atoms with E-state index in [9.17, 15) is 30.0 Å². The zero-order chi connectivity index (χ0) is 20.2. The van der Waals surface area contributed by atoms with E-state index in [-0.39, 0.29) is 16.3 Å². The van der Waals surface area contributed by atoms with Gasteiger partial charge in [-0.25, -0.2) is 22.0 Å². The van der Waals surface area contributed by atoms with E-state index in [1.54, 1.807) is 0 Å². The molecule has 0 aliphatic carbocycles. The van der Waals surface area contributed by atoms with Crippen LogP contribution in [0.3, 0.4) is 0 Å². The summed E-state index contributed by atoms with van der Waals surface area (Å²) in [5, 5.41) is 7.36. The van der Waals surface area contributed by atoms with Gasteiger partial charge in [0.1, 0.15) is 16.0 Å². The predicted octanol–water partition coefficient (Wildman–Crippen LogP) is 2.41. The number of anilines is 1. The molecule has 0 fully saturated rings. The van der Waals surface area contributed by atoms with Crippen molar-refractivity contribution >= 4 is 37.3 Å². The van der Waals surface area contributed by atoms with E-state index < -0.39 is 47.7 Å². The second-order valence-electron chi connectivity index (χ2n) is 5.65. The topological polar surface area (TPSA) is 118 Å². The highest BCUT2D eigenvalue weighted by Gasteiger charge is 2.35. The van der Waals surface area contributed by atoms with Crippen molar-refractivity contribution in [3.05, 3.63) is 52.5 Å². The van der Waals surface area contributed by atoms with Gasteiger partial charge in [-0.2, -0.15) is 17.9 Å². The maximum atomic E-state index is 12.9. The zero-order valence-corrected chi connectivity index (χ0v) is 15.5. The Hall–Kier alpha value is -1.86. The Morgan fingerprint density at radius 3 is 2.41 bits per heavy atom. The van der Waals surface area contributed by atoms with Crippen LogP contribution in [0, 0.1) is 0 Å². The molecule has 0 amide bonds. The van der Waals surface area contributed by atoms with Crippen LogP contribution in [0.4, 0.5) is 18.9 Å². The molecule has 1 heterocycles. The van der Waals surface area contributed by atoms with Crippen LogP contribution in [0.2, 0.25) is 5.02 Å². The summed E-state index contributed by atoms with van der Waals surface area (Å²) in [4.78, 5) is -1.04. The molecule has 1 aliphatic rings. The van der Waals surface area contributed by atoms with Crippen LogP contribution < -0.4 is 15.2 Å². The van der Waals surface area contributed by atoms with Crippen molar-refractivity contribution in [3.63, 3.8) is 0 Å². The molecule has 0 saturated carbocycles. The van der Waals surface area contributed by atoms with Crippen LogP contribution in [0.1, 0.15) is 17.3 Å². The van der Waals surface area contributed by atoms with Crippen LogP contribution >= 0.6 is 11.6 Å². The van der Waals surface area contributed by atoms with Gasteiger partial charge < -0.3 is 5.32 Å². The van der Waals surface area contributed by atoms with Gasteiger partial charge in [0, 0.05) is 0 Å². The van der Waals surface area contributed by atoms with Crippen molar-refractivity contribution < 1.29 is 30.0 Å². The van der Waals surface area contributed by atoms with Gasteiger partial charge in [-0.05, 0) is 29.8 Å². The number of alkyl halides is 3. The number of rotatable bonds is 2. The van der Waals surface area contributed by atoms with Gasteiger partial charge in [0.2, 0.25) is 20.0 Å². The Morgan fingerprint density at radius 2 is 1.81 bits per heavy atom. The van der Waals surface area contributed by atoms with Gasteiger partial charge in [0.15, 0.2) is 0 Å². The molecule has 0 bridgehead atoms. The number of halogens is 4. The Labute approximate surface area is 157 Å². The van der Waals surface area contributed by atoms with Gasteiger partial charge >= 0.3 is 6.18 Å². The lowest BCUT2D eigenvalue weighted by Crippen LogP contribution is -2.38. The summed E-state index contributed by atoms with van der Waals surface area (Å²) in [6.07, 6.45) is -5.82. The summed E-state index contributed by atoms with van der Waals surface area (Å²) in [5.41, 5.74) is -1.02. The number of nitrogens with two attached hydrogens (primary N) is 1. The maximum Gasteiger partial charge on any atom is 0.416 e. The molecular weight excluding hydrogens is 431 g/mol. The third kappa shape index (κ3) is 3.89. The van der Waals surface area contributed by atoms with Gasteiger partial charge in [-0.3, -0.25) is 0 Å². The molecule has 13 heteroatoms. The number of primary sulfonamides is 1. The van der Waals surface area contributed by atoms with Gasteiger partial charge in [0.05, 0.1) is 16.3 Å². The smallest absolute Gasteiger partial charge is 0.364 e. The maximum absolute atomic E-state index is 12.9. The fourth-order valence-electron chi connectivity index (χ4n) is 2.54. The standard InChI is InChI=1S/C14H11ClF3N3O4S2/c15-9-5-10-12(6-11(9)26(19,22)23)27(24,25)21-13(20-10)7-2-1-3-8(4-7)14(16,17)18/h1-6,13,20-21H,(H2,19,22,23)/t13-/m0/s1. The number of hydrogen-bond acceptors (Lipinski definition) is 5. The molecular formula is C14H11ClF3N3O4S2. The van der Waals surface area contributed by atoms with E-state index in [4.69, 9.17) is 16.7 Å². The van der Waals surface area contributed by atoms with E-state index in [2.05, 4.69) is 10.0 Å². The second-order valence-corrected chi connectivity index (χ2v) is 9.27. The third-order valence-corrected chi connectivity index (χ3v) is 6.59. The minimum absolute atomic E-state index is 0.00527. The molecule has 1 aliphatic heterocycles. The van der Waals surface area contributed by atoms with Crippen LogP contribution in [0.5, 0.6) is 0 Å². The first-order valence-electron chi connectivity index (χ1n) is 7.11. The summed E-state index contributed by atoms with van der Waals surface area (Å²) in [7, 11) is -8.54. The summed E-state index contributed by atoms with van der Waals surface area (Å²) in [5.74, 6) is 0. The monoisotopic (exact) mass is 441 g/mol. The zero-order valence-electron chi connectivity index (χ0n) is 13.1. The average Bonchev–Trinajstić information content (AvgIpc) is 2.51. The van der Waals surface area contributed by atoms with Gasteiger partial charge in [-0.15, -0.1) is 0 Å². The van der Waals surface area contributed by atoms with Gasteiger partial charge in [0.25, 0.3) is 0 Å². The molecule has 7 nitrogen and oxygen atoms in total. The van der Waals surface area contributed by atoms with E-state index in [0.29, 0.717) is 0 Å². The largest absolute Gasteiger partial charge is 0.416 e. The molecule has 2 aromatic rings. The van der Waals surface area contributed by atoms with Gasteiger partial charge in [-0.1, -0.05) is 23.7 Å². The first-order chi connectivity index (χ1) is 12.3. The molecule has 4 N–H and O–H groups in total. The molecule has 146 valence electrons. The molecule has 1 atom stereocenters. The number of sulfonamides is 2. The first kappa shape index (κ1) is 19.9. The molecule has 3 rings (SSSR count). The fourth-order valence-corrected chi connectivity index (χ4v) is 5.02. The molecule has 0 unspecified atom stereocenters. The summed E-state index contributed by atoms with van der Waals surface area (Å²) in [6.45, 7) is 0. The molecule has 0 spiro atoms. The summed E-state index contributed by atoms with van der Waals surface area (Å²) in [6, 6.07) is 5.91. The Morgan fingerprint density at radius 1 is 1.15 bits per heavy atom. The van der Waals surface area contributed by atoms with Crippen LogP contribution in [-0.2, 0) is 26.2 Å². The van der Waals surface area contributed by atoms with E-state index in [1.165, 1.54) is 6.07 Å². The Bertz CT molecular complexity index is 1130. The minimum Gasteiger partial charge on any atom is -0.364 e. The number of fused-ring (bicyclic) bond motifs is 1. The van der Waals surface area contributed by atoms with Crippen molar-refractivity contribution in [2.75, 3.05) is 5.32 Å². The summed E-state index contributed by atoms with van der Waals surface area (Å²) >= 11 is 5.85. The average molecular weight is 442 g/mol. The molecule has 27 heavy (non-hydrogen) atoms. The minimum atomic E-state index is -4.60. The fraction of sp³-hybridized carbons (Fsp3) is 0.143. The first-order valence-corrected chi connectivity index (χ1v) is 10.5. The molecule has 0 radical (unpaired) electrons. The normalized spacial score (nSPS) is 19.2. The van der Waals surface area contributed by atoms with Crippen molar-refractivity contribution in [1.29, 1.82) is 0 Å². The van der Waals surface area contributed by atoms with Crippen molar-refractivity contribution in [3.8, 4) is 0 Å². The van der Waals surface area contributed by atoms with Crippen molar-refractivity contribution in [2.45, 2.75) is 22.1 Å². The van der Waals surface area contributed by atoms with E-state index in [1.807, 2.05) is 0 Å². The molecule has 0 aromatic heterocycles. The Kier molecular flexibility index (Phi) is 4.67. The van der Waals surface area contributed by atoms with E-state index in [0.717, 1.165) is 30.3 Å². The quantitative estimate of drug-likeness (QED) is 0.661. The predicted molar refractivity (Wildman–Crippen MR) is 91.0 cm³/mol. The van der Waals surface area contributed by atoms with Crippen LogP contribution in [0.15, 0.2) is 46.2 Å². The number of hydrogen-bond donors (Lipinski definition) is 3.